The van der Waals surface area contributed by atoms with E-state index in [1.54, 1.807) is 0 Å². The number of nitrogens with zero attached hydrogens (tertiary/aromatic N) is 1. The minimum atomic E-state index is 0.214. The third-order valence-electron chi connectivity index (χ3n) is 4.55. The van der Waals surface area contributed by atoms with E-state index >= 15 is 0 Å². The molecule has 0 amide bonds. The summed E-state index contributed by atoms with van der Waals surface area (Å²) in [6.07, 6.45) is 2.68. The van der Waals surface area contributed by atoms with E-state index in [1.807, 2.05) is 0 Å². The summed E-state index contributed by atoms with van der Waals surface area (Å²) in [6.45, 7) is 6.13. The number of para-hydroxylation sites is 1. The van der Waals surface area contributed by atoms with Crippen molar-refractivity contribution in [3.05, 3.63) is 35.0 Å². The van der Waals surface area contributed by atoms with Gasteiger partial charge in [0.05, 0.1) is 18.2 Å². The van der Waals surface area contributed by atoms with Gasteiger partial charge in [-0.15, -0.1) is 0 Å². The van der Waals surface area contributed by atoms with Gasteiger partial charge in [0.2, 0.25) is 0 Å². The normalized spacial score (nSPS) is 22.9. The minimum absolute atomic E-state index is 0.214. The molecule has 1 aromatic carbocycles. The summed E-state index contributed by atoms with van der Waals surface area (Å²) in [5.41, 5.74) is 5.76. The molecule has 19 heavy (non-hydrogen) atoms. The largest absolute Gasteiger partial charge is 0.371 e. The van der Waals surface area contributed by atoms with Crippen LogP contribution in [0.2, 0.25) is 0 Å². The van der Waals surface area contributed by atoms with Crippen molar-refractivity contribution >= 4 is 10.9 Å². The molecule has 0 radical (unpaired) electrons. The highest BCUT2D eigenvalue weighted by molar-refractivity contribution is 5.89. The maximum atomic E-state index is 6.00. The van der Waals surface area contributed by atoms with Crippen molar-refractivity contribution in [3.8, 4) is 0 Å². The van der Waals surface area contributed by atoms with Crippen LogP contribution in [0.15, 0.2) is 18.2 Å². The molecule has 1 saturated heterocycles. The van der Waals surface area contributed by atoms with Gasteiger partial charge in [-0.1, -0.05) is 18.2 Å². The Kier molecular flexibility index (Phi) is 2.64. The number of hydrogen-bond acceptors (Lipinski definition) is 2. The fourth-order valence-corrected chi connectivity index (χ4v) is 3.70. The molecule has 3 heterocycles. The van der Waals surface area contributed by atoms with E-state index in [0.29, 0.717) is 0 Å². The Hall–Kier alpha value is -1.32. The van der Waals surface area contributed by atoms with Crippen LogP contribution in [-0.4, -0.2) is 24.3 Å². The molecule has 2 aromatic rings. The Labute approximate surface area is 113 Å². The second-order valence-corrected chi connectivity index (χ2v) is 5.63. The molecule has 1 unspecified atom stereocenters. The second-order valence-electron chi connectivity index (χ2n) is 5.63. The topological polar surface area (TPSA) is 26.2 Å². The van der Waals surface area contributed by atoms with Crippen molar-refractivity contribution in [2.75, 3.05) is 19.7 Å². The smallest absolute Gasteiger partial charge is 0.0973 e. The maximum Gasteiger partial charge on any atom is 0.0973 e. The lowest BCUT2D eigenvalue weighted by atomic mass is 10.0. The lowest BCUT2D eigenvalue weighted by Gasteiger charge is -2.24. The number of aromatic nitrogens is 1. The molecule has 1 aromatic heterocycles. The summed E-state index contributed by atoms with van der Waals surface area (Å²) in [7, 11) is 0. The van der Waals surface area contributed by atoms with Crippen LogP contribution in [-0.2, 0) is 17.7 Å². The quantitative estimate of drug-likeness (QED) is 0.848. The summed E-state index contributed by atoms with van der Waals surface area (Å²) < 4.78 is 8.50. The summed E-state index contributed by atoms with van der Waals surface area (Å²) >= 11 is 0. The molecule has 0 saturated carbocycles. The Morgan fingerprint density at radius 3 is 3.16 bits per heavy atom. The van der Waals surface area contributed by atoms with Gasteiger partial charge < -0.3 is 14.6 Å². The zero-order valence-corrected chi connectivity index (χ0v) is 11.4. The monoisotopic (exact) mass is 256 g/mol. The zero-order chi connectivity index (χ0) is 12.8. The lowest BCUT2D eigenvalue weighted by Crippen LogP contribution is -2.33. The van der Waals surface area contributed by atoms with Gasteiger partial charge in [-0.05, 0) is 25.3 Å². The van der Waals surface area contributed by atoms with Gasteiger partial charge in [0.1, 0.15) is 0 Å². The first-order valence-corrected chi connectivity index (χ1v) is 7.29. The van der Waals surface area contributed by atoms with Gasteiger partial charge in [0.15, 0.2) is 0 Å². The molecule has 4 rings (SSSR count). The Bertz CT molecular complexity index is 623. The average Bonchev–Trinajstić information content (AvgIpc) is 2.76. The fraction of sp³-hybridized carbons (Fsp3) is 0.500. The molecular weight excluding hydrogens is 236 g/mol. The predicted octanol–water partition coefficient (Wildman–Crippen LogP) is 2.56. The van der Waals surface area contributed by atoms with Gasteiger partial charge in [-0.25, -0.2) is 0 Å². The summed E-state index contributed by atoms with van der Waals surface area (Å²) in [4.78, 5) is 0. The zero-order valence-electron chi connectivity index (χ0n) is 11.4. The number of hydrogen-bond donors (Lipinski definition) is 1. The van der Waals surface area contributed by atoms with E-state index in [4.69, 9.17) is 4.74 Å². The molecule has 3 nitrogen and oxygen atoms in total. The van der Waals surface area contributed by atoms with Crippen LogP contribution in [0.1, 0.15) is 29.3 Å². The van der Waals surface area contributed by atoms with E-state index in [2.05, 4.69) is 35.0 Å². The van der Waals surface area contributed by atoms with Crippen LogP contribution in [0.3, 0.4) is 0 Å². The first-order valence-electron chi connectivity index (χ1n) is 7.29. The minimum Gasteiger partial charge on any atom is -0.371 e. The molecule has 0 bridgehead atoms. The lowest BCUT2D eigenvalue weighted by molar-refractivity contribution is 0.0281. The van der Waals surface area contributed by atoms with E-state index in [1.165, 1.54) is 40.6 Å². The molecule has 0 spiro atoms. The first kappa shape index (κ1) is 11.5. The summed E-state index contributed by atoms with van der Waals surface area (Å²) in [6, 6.07) is 6.74. The highest BCUT2D eigenvalue weighted by atomic mass is 16.5. The van der Waals surface area contributed by atoms with Crippen LogP contribution in [0.25, 0.3) is 10.9 Å². The van der Waals surface area contributed by atoms with Crippen LogP contribution in [0, 0.1) is 6.92 Å². The van der Waals surface area contributed by atoms with Gasteiger partial charge in [-0.3, -0.25) is 0 Å². The number of ether oxygens (including phenoxy) is 1. The second kappa shape index (κ2) is 4.36. The van der Waals surface area contributed by atoms with Gasteiger partial charge in [-0.2, -0.15) is 0 Å². The van der Waals surface area contributed by atoms with E-state index in [9.17, 15) is 0 Å². The van der Waals surface area contributed by atoms with Crippen molar-refractivity contribution in [1.82, 2.24) is 9.88 Å². The number of benzene rings is 1. The highest BCUT2D eigenvalue weighted by Crippen LogP contribution is 2.37. The van der Waals surface area contributed by atoms with Crippen molar-refractivity contribution in [2.24, 2.45) is 0 Å². The molecule has 2 aliphatic rings. The van der Waals surface area contributed by atoms with Crippen molar-refractivity contribution in [3.63, 3.8) is 0 Å². The molecule has 1 N–H and O–H groups in total. The predicted molar refractivity (Wildman–Crippen MR) is 76.6 cm³/mol. The number of nitrogens with one attached hydrogen (secondary N) is 1. The highest BCUT2D eigenvalue weighted by Gasteiger charge is 2.26. The first-order chi connectivity index (χ1) is 9.36. The van der Waals surface area contributed by atoms with Crippen LogP contribution in [0.4, 0.5) is 0 Å². The molecule has 2 aliphatic heterocycles. The molecule has 100 valence electrons. The molecule has 1 atom stereocenters. The Morgan fingerprint density at radius 2 is 2.32 bits per heavy atom. The van der Waals surface area contributed by atoms with Crippen molar-refractivity contribution in [1.29, 1.82) is 0 Å². The van der Waals surface area contributed by atoms with Gasteiger partial charge >= 0.3 is 0 Å². The van der Waals surface area contributed by atoms with Gasteiger partial charge in [0, 0.05) is 36.3 Å². The number of rotatable bonds is 1. The number of morpholine rings is 1. The standard InChI is InChI=1S/C16H20N2O/c1-11-15(14-10-17-7-9-19-14)13-6-2-4-12-5-3-8-18(11)16(12)13/h2,4,6,14,17H,3,5,7-10H2,1H3. The van der Waals surface area contributed by atoms with Crippen molar-refractivity contribution in [2.45, 2.75) is 32.4 Å². The van der Waals surface area contributed by atoms with Crippen LogP contribution < -0.4 is 5.32 Å². The van der Waals surface area contributed by atoms with Crippen molar-refractivity contribution < 1.29 is 4.74 Å². The third kappa shape index (κ3) is 1.65. The van der Waals surface area contributed by atoms with Crippen LogP contribution in [0.5, 0.6) is 0 Å². The fourth-order valence-electron chi connectivity index (χ4n) is 3.70. The average molecular weight is 256 g/mol. The Morgan fingerprint density at radius 1 is 1.37 bits per heavy atom. The third-order valence-corrected chi connectivity index (χ3v) is 4.55. The van der Waals surface area contributed by atoms with Crippen LogP contribution >= 0.6 is 0 Å². The molecule has 0 aliphatic carbocycles. The maximum absolute atomic E-state index is 6.00. The molecule has 1 fully saturated rings. The molecular formula is C16H20N2O. The summed E-state index contributed by atoms with van der Waals surface area (Å²) in [5, 5.41) is 4.85. The summed E-state index contributed by atoms with van der Waals surface area (Å²) in [5.74, 6) is 0. The number of aryl methyl sites for hydroxylation is 2. The Balaban J connectivity index is 1.95. The van der Waals surface area contributed by atoms with E-state index < -0.39 is 0 Å². The SMILES string of the molecule is Cc1c(C2CNCCO2)c2cccc3c2n1CCC3. The van der Waals surface area contributed by atoms with Gasteiger partial charge in [0.25, 0.3) is 0 Å². The molecule has 3 heteroatoms. The van der Waals surface area contributed by atoms with E-state index in [0.717, 1.165) is 26.2 Å². The van der Waals surface area contributed by atoms with E-state index in [-0.39, 0.29) is 6.10 Å².